The third-order valence-corrected chi connectivity index (χ3v) is 7.94. The van der Waals surface area contributed by atoms with Gasteiger partial charge in [0.1, 0.15) is 0 Å². The summed E-state index contributed by atoms with van der Waals surface area (Å²) < 4.78 is 10.8. The average molecular weight is 567 g/mol. The Morgan fingerprint density at radius 3 is 2.64 bits per heavy atom. The summed E-state index contributed by atoms with van der Waals surface area (Å²) in [6.07, 6.45) is 5.80. The predicted molar refractivity (Wildman–Crippen MR) is 148 cm³/mol. The Bertz CT molecular complexity index is 944. The number of carbonyl (C=O) groups excluding carboxylic acids is 3. The average Bonchev–Trinajstić information content (AvgIpc) is 2.92. The molecule has 0 radical (unpaired) electrons. The standard InChI is InChI=1S/C28H43ClN4O6/c1-38-28(37)31-12-14-39-26(20-9-5-11-22(29)16-20)21-10-6-13-33(18-21)27(36)32-23(24(34)17-25(30)35)15-19-7-3-2-4-8-19/h5,9,11,16,19,21,23-24,26,34H,2-4,6-8,10,12-15,17-18H2,1H3,(H2,30,35)(H,31,37)(H,32,36)/t21-,23+,24+,26?/m1/s1. The number of hydrogen-bond donors (Lipinski definition) is 4. The van der Waals surface area contributed by atoms with Crippen molar-refractivity contribution in [3.8, 4) is 0 Å². The number of alkyl carbamates (subject to hydrolysis) is 1. The van der Waals surface area contributed by atoms with Crippen LogP contribution in [0.3, 0.4) is 0 Å². The molecule has 218 valence electrons. The van der Waals surface area contributed by atoms with Crippen LogP contribution in [0.2, 0.25) is 5.02 Å². The van der Waals surface area contributed by atoms with Crippen molar-refractivity contribution in [1.82, 2.24) is 15.5 Å². The van der Waals surface area contributed by atoms with Gasteiger partial charge in [-0.05, 0) is 42.9 Å². The van der Waals surface area contributed by atoms with E-state index < -0.39 is 24.1 Å². The lowest BCUT2D eigenvalue weighted by atomic mass is 9.83. The van der Waals surface area contributed by atoms with Crippen LogP contribution in [0, 0.1) is 11.8 Å². The van der Waals surface area contributed by atoms with Crippen molar-refractivity contribution >= 4 is 29.6 Å². The van der Waals surface area contributed by atoms with Crippen LogP contribution in [0.1, 0.15) is 69.5 Å². The first-order valence-corrected chi connectivity index (χ1v) is 14.3. The third kappa shape index (κ3) is 10.2. The van der Waals surface area contributed by atoms with Crippen LogP contribution >= 0.6 is 11.6 Å². The van der Waals surface area contributed by atoms with Crippen molar-refractivity contribution in [1.29, 1.82) is 0 Å². The molecule has 10 nitrogen and oxygen atoms in total. The van der Waals surface area contributed by atoms with E-state index in [0.717, 1.165) is 44.1 Å². The summed E-state index contributed by atoms with van der Waals surface area (Å²) in [7, 11) is 1.30. The van der Waals surface area contributed by atoms with E-state index >= 15 is 0 Å². The molecule has 2 fully saturated rings. The number of primary amides is 1. The number of carbonyl (C=O) groups is 3. The van der Waals surface area contributed by atoms with Gasteiger partial charge in [-0.1, -0.05) is 55.8 Å². The molecule has 3 rings (SSSR count). The first-order chi connectivity index (χ1) is 18.8. The maximum atomic E-state index is 13.4. The van der Waals surface area contributed by atoms with E-state index in [4.69, 9.17) is 22.1 Å². The summed E-state index contributed by atoms with van der Waals surface area (Å²) in [4.78, 5) is 38.1. The van der Waals surface area contributed by atoms with Crippen LogP contribution < -0.4 is 16.4 Å². The molecule has 39 heavy (non-hydrogen) atoms. The Kier molecular flexibility index (Phi) is 12.6. The maximum absolute atomic E-state index is 13.4. The highest BCUT2D eigenvalue weighted by Crippen LogP contribution is 2.34. The highest BCUT2D eigenvalue weighted by molar-refractivity contribution is 6.30. The zero-order chi connectivity index (χ0) is 28.2. The minimum Gasteiger partial charge on any atom is -0.453 e. The molecule has 1 heterocycles. The summed E-state index contributed by atoms with van der Waals surface area (Å²) in [5, 5.41) is 17.0. The zero-order valence-electron chi connectivity index (χ0n) is 22.8. The Labute approximate surface area is 235 Å². The van der Waals surface area contributed by atoms with Crippen molar-refractivity contribution < 1.29 is 29.0 Å². The summed E-state index contributed by atoms with van der Waals surface area (Å²) in [6, 6.07) is 6.66. The molecule has 1 aliphatic heterocycles. The van der Waals surface area contributed by atoms with Crippen molar-refractivity contribution in [2.24, 2.45) is 17.6 Å². The number of rotatable bonds is 12. The fraction of sp³-hybridized carbons (Fsp3) is 0.679. The molecule has 4 atom stereocenters. The fourth-order valence-electron chi connectivity index (χ4n) is 5.73. The minimum atomic E-state index is -1.03. The van der Waals surface area contributed by atoms with E-state index in [-0.39, 0.29) is 37.6 Å². The fourth-order valence-corrected chi connectivity index (χ4v) is 5.93. The number of likely N-dealkylation sites (tertiary alicyclic amines) is 1. The zero-order valence-corrected chi connectivity index (χ0v) is 23.5. The Balaban J connectivity index is 1.67. The van der Waals surface area contributed by atoms with E-state index in [9.17, 15) is 19.5 Å². The molecule has 1 aromatic rings. The van der Waals surface area contributed by atoms with Gasteiger partial charge < -0.3 is 35.8 Å². The van der Waals surface area contributed by atoms with E-state index in [0.29, 0.717) is 30.5 Å². The third-order valence-electron chi connectivity index (χ3n) is 7.70. The number of urea groups is 1. The maximum Gasteiger partial charge on any atom is 0.406 e. The van der Waals surface area contributed by atoms with Gasteiger partial charge in [0.05, 0.1) is 38.4 Å². The van der Waals surface area contributed by atoms with E-state index in [1.54, 1.807) is 11.0 Å². The predicted octanol–water partition coefficient (Wildman–Crippen LogP) is 3.75. The lowest BCUT2D eigenvalue weighted by molar-refractivity contribution is -0.120. The van der Waals surface area contributed by atoms with Gasteiger partial charge in [-0.25, -0.2) is 9.59 Å². The smallest absolute Gasteiger partial charge is 0.406 e. The summed E-state index contributed by atoms with van der Waals surface area (Å²) in [5.74, 6) is -0.194. The van der Waals surface area contributed by atoms with Gasteiger partial charge in [0.15, 0.2) is 0 Å². The summed E-state index contributed by atoms with van der Waals surface area (Å²) >= 11 is 6.27. The Hall–Kier alpha value is -2.56. The number of methoxy groups -OCH3 is 1. The number of aliphatic hydroxyl groups is 1. The minimum absolute atomic E-state index is 0.00608. The van der Waals surface area contributed by atoms with Crippen molar-refractivity contribution in [2.45, 2.75) is 76.0 Å². The number of aliphatic hydroxyl groups excluding tert-OH is 1. The Morgan fingerprint density at radius 2 is 1.95 bits per heavy atom. The van der Waals surface area contributed by atoms with E-state index in [2.05, 4.69) is 15.4 Å². The van der Waals surface area contributed by atoms with E-state index in [1.807, 2.05) is 18.2 Å². The number of hydrogen-bond acceptors (Lipinski definition) is 6. The normalized spacial score (nSPS) is 20.5. The number of amides is 4. The second-order valence-electron chi connectivity index (χ2n) is 10.6. The van der Waals surface area contributed by atoms with Gasteiger partial charge in [-0.15, -0.1) is 0 Å². The summed E-state index contributed by atoms with van der Waals surface area (Å²) in [5.41, 5.74) is 6.26. The topological polar surface area (TPSA) is 143 Å². The first kappa shape index (κ1) is 31.0. The van der Waals surface area contributed by atoms with Gasteiger partial charge in [0.2, 0.25) is 5.91 Å². The molecule has 0 bridgehead atoms. The van der Waals surface area contributed by atoms with Crippen molar-refractivity contribution in [2.75, 3.05) is 33.4 Å². The van der Waals surface area contributed by atoms with Crippen molar-refractivity contribution in [3.05, 3.63) is 34.9 Å². The van der Waals surface area contributed by atoms with Crippen LogP contribution in [0.5, 0.6) is 0 Å². The molecule has 1 aliphatic carbocycles. The number of piperidine rings is 1. The monoisotopic (exact) mass is 566 g/mol. The quantitative estimate of drug-likeness (QED) is 0.284. The largest absolute Gasteiger partial charge is 0.453 e. The van der Waals surface area contributed by atoms with Gasteiger partial charge in [-0.3, -0.25) is 4.79 Å². The van der Waals surface area contributed by atoms with Crippen LogP contribution in [0.15, 0.2) is 24.3 Å². The van der Waals surface area contributed by atoms with Gasteiger partial charge in [0.25, 0.3) is 0 Å². The van der Waals surface area contributed by atoms with Crippen LogP contribution in [-0.2, 0) is 14.3 Å². The van der Waals surface area contributed by atoms with Crippen LogP contribution in [0.25, 0.3) is 0 Å². The molecule has 5 N–H and O–H groups in total. The Morgan fingerprint density at radius 1 is 1.18 bits per heavy atom. The lowest BCUT2D eigenvalue weighted by Gasteiger charge is -2.38. The number of halogens is 1. The highest BCUT2D eigenvalue weighted by Gasteiger charge is 2.34. The number of nitrogens with two attached hydrogens (primary N) is 1. The number of nitrogens with one attached hydrogen (secondary N) is 2. The highest BCUT2D eigenvalue weighted by atomic mass is 35.5. The molecular weight excluding hydrogens is 524 g/mol. The second-order valence-corrected chi connectivity index (χ2v) is 11.1. The first-order valence-electron chi connectivity index (χ1n) is 14.0. The summed E-state index contributed by atoms with van der Waals surface area (Å²) in [6.45, 7) is 1.57. The van der Waals surface area contributed by atoms with Gasteiger partial charge in [-0.2, -0.15) is 0 Å². The molecule has 1 saturated heterocycles. The van der Waals surface area contributed by atoms with Gasteiger partial charge >= 0.3 is 12.1 Å². The van der Waals surface area contributed by atoms with Gasteiger partial charge in [0, 0.05) is 30.6 Å². The number of ether oxygens (including phenoxy) is 2. The molecule has 11 heteroatoms. The molecule has 0 aromatic heterocycles. The molecule has 1 unspecified atom stereocenters. The van der Waals surface area contributed by atoms with E-state index in [1.165, 1.54) is 13.5 Å². The van der Waals surface area contributed by atoms with Crippen LogP contribution in [-0.4, -0.2) is 73.5 Å². The van der Waals surface area contributed by atoms with Crippen molar-refractivity contribution in [3.63, 3.8) is 0 Å². The van der Waals surface area contributed by atoms with Crippen LogP contribution in [0.4, 0.5) is 9.59 Å². The lowest BCUT2D eigenvalue weighted by Crippen LogP contribution is -2.53. The number of benzene rings is 1. The molecule has 1 aromatic carbocycles. The molecular formula is C28H43ClN4O6. The molecule has 0 spiro atoms. The molecule has 4 amide bonds. The molecule has 1 saturated carbocycles. The SMILES string of the molecule is COC(=O)NCCOC(c1cccc(Cl)c1)[C@@H]1CCCN(C(=O)N[C@@H](CC2CCCCC2)[C@@H](O)CC(N)=O)C1. The second kappa shape index (κ2) is 15.9. The molecule has 2 aliphatic rings. The number of nitrogens with zero attached hydrogens (tertiary/aromatic N) is 1.